The van der Waals surface area contributed by atoms with Crippen LogP contribution in [0.5, 0.6) is 17.4 Å². The second kappa shape index (κ2) is 13.6. The number of para-hydroxylation sites is 1. The Morgan fingerprint density at radius 3 is 2.26 bits per heavy atom. The molecule has 0 radical (unpaired) electrons. The van der Waals surface area contributed by atoms with Crippen LogP contribution in [0.25, 0.3) is 10.8 Å². The number of carbonyl (C=O) groups is 3. The first-order chi connectivity index (χ1) is 20.9. The lowest BCUT2D eigenvalue weighted by atomic mass is 10.1. The Morgan fingerprint density at radius 2 is 1.51 bits per heavy atom. The highest BCUT2D eigenvalue weighted by Gasteiger charge is 2.14. The van der Waals surface area contributed by atoms with Crippen LogP contribution in [-0.4, -0.2) is 41.2 Å². The van der Waals surface area contributed by atoms with Gasteiger partial charge in [-0.3, -0.25) is 4.79 Å². The normalized spacial score (nSPS) is 10.5. The number of ether oxygens (including phenoxy) is 3. The summed E-state index contributed by atoms with van der Waals surface area (Å²) < 4.78 is 16.8. The number of benzene rings is 4. The number of aromatic nitrogens is 1. The van der Waals surface area contributed by atoms with Gasteiger partial charge in [0.25, 0.3) is 5.91 Å². The topological polar surface area (TPSA) is 136 Å². The molecule has 5 aromatic rings. The quantitative estimate of drug-likeness (QED) is 0.156. The molecule has 43 heavy (non-hydrogen) atoms. The zero-order valence-electron chi connectivity index (χ0n) is 22.9. The van der Waals surface area contributed by atoms with E-state index in [9.17, 15) is 19.5 Å². The van der Waals surface area contributed by atoms with Crippen molar-refractivity contribution in [1.29, 1.82) is 0 Å². The molecule has 10 nitrogen and oxygen atoms in total. The Labute approximate surface area is 246 Å². The number of carboxylic acid groups (broad SMARTS) is 1. The molecule has 0 bridgehead atoms. The van der Waals surface area contributed by atoms with E-state index in [-0.39, 0.29) is 35.9 Å². The number of hydrogen-bond acceptors (Lipinski definition) is 7. The number of anilines is 1. The summed E-state index contributed by atoms with van der Waals surface area (Å²) in [5, 5.41) is 16.4. The number of alkyl carbamates (subject to hydrolysis) is 1. The van der Waals surface area contributed by atoms with Gasteiger partial charge in [-0.25, -0.2) is 14.6 Å². The molecule has 0 spiro atoms. The Hall–Kier alpha value is -5.90. The maximum Gasteiger partial charge on any atom is 0.407 e. The molecule has 0 unspecified atom stereocenters. The van der Waals surface area contributed by atoms with E-state index < -0.39 is 18.0 Å². The first-order valence-electron chi connectivity index (χ1n) is 13.3. The first kappa shape index (κ1) is 28.6. The maximum atomic E-state index is 12.6. The number of nitrogens with zero attached hydrogens (tertiary/aromatic N) is 1. The van der Waals surface area contributed by atoms with E-state index in [1.54, 1.807) is 30.3 Å². The summed E-state index contributed by atoms with van der Waals surface area (Å²) in [6, 6.07) is 29.9. The van der Waals surface area contributed by atoms with E-state index in [4.69, 9.17) is 14.2 Å². The molecule has 0 aliphatic carbocycles. The van der Waals surface area contributed by atoms with Crippen molar-refractivity contribution in [3.63, 3.8) is 0 Å². The van der Waals surface area contributed by atoms with Gasteiger partial charge in [-0.1, -0.05) is 54.6 Å². The highest BCUT2D eigenvalue weighted by atomic mass is 16.5. The van der Waals surface area contributed by atoms with Crippen LogP contribution >= 0.6 is 0 Å². The van der Waals surface area contributed by atoms with Gasteiger partial charge in [-0.05, 0) is 58.8 Å². The average Bonchev–Trinajstić information content (AvgIpc) is 3.03. The van der Waals surface area contributed by atoms with Gasteiger partial charge in [-0.2, -0.15) is 0 Å². The number of hydrogen-bond donors (Lipinski definition) is 3. The number of carbonyl (C=O) groups excluding carboxylic acids is 2. The van der Waals surface area contributed by atoms with Crippen molar-refractivity contribution in [3.05, 3.63) is 126 Å². The predicted molar refractivity (Wildman–Crippen MR) is 160 cm³/mol. The molecule has 0 saturated heterocycles. The van der Waals surface area contributed by atoms with E-state index >= 15 is 0 Å². The molecule has 0 aliphatic heterocycles. The van der Waals surface area contributed by atoms with E-state index in [1.165, 1.54) is 18.3 Å². The van der Waals surface area contributed by atoms with Crippen molar-refractivity contribution in [2.24, 2.45) is 0 Å². The fourth-order valence-corrected chi connectivity index (χ4v) is 4.12. The minimum Gasteiger partial charge on any atom is -0.492 e. The van der Waals surface area contributed by atoms with Crippen molar-refractivity contribution in [2.45, 2.75) is 6.61 Å². The Kier molecular flexibility index (Phi) is 9.08. The van der Waals surface area contributed by atoms with Crippen molar-refractivity contribution in [2.75, 3.05) is 18.5 Å². The standard InChI is InChI=1S/C33H27N3O7/c37-31(36-29-9-5-4-8-28(29)32(38)39)25-12-15-30(35-20-25)43-27-14-11-23-18-26(13-10-24(23)19-27)41-17-16-34-33(40)42-21-22-6-2-1-3-7-22/h1-15,18-20H,16-17,21H2,(H,34,40)(H,36,37)(H,38,39). The van der Waals surface area contributed by atoms with Gasteiger partial charge in [0.2, 0.25) is 5.88 Å². The summed E-state index contributed by atoms with van der Waals surface area (Å²) in [6.07, 6.45) is 0.851. The van der Waals surface area contributed by atoms with Gasteiger partial charge in [0.05, 0.1) is 23.4 Å². The van der Waals surface area contributed by atoms with Crippen LogP contribution in [-0.2, 0) is 11.3 Å². The van der Waals surface area contributed by atoms with E-state index in [0.717, 1.165) is 16.3 Å². The number of aromatic carboxylic acids is 1. The molecule has 0 fully saturated rings. The van der Waals surface area contributed by atoms with Gasteiger partial charge in [0.1, 0.15) is 24.7 Å². The number of nitrogens with one attached hydrogen (secondary N) is 2. The summed E-state index contributed by atoms with van der Waals surface area (Å²) in [5.41, 5.74) is 1.35. The third kappa shape index (κ3) is 7.86. The number of pyridine rings is 1. The summed E-state index contributed by atoms with van der Waals surface area (Å²) in [4.78, 5) is 40.1. The highest BCUT2D eigenvalue weighted by molar-refractivity contribution is 6.07. The van der Waals surface area contributed by atoms with Crippen LogP contribution < -0.4 is 20.1 Å². The molecule has 5 rings (SSSR count). The lowest BCUT2D eigenvalue weighted by Crippen LogP contribution is -2.28. The molecule has 0 saturated carbocycles. The molecule has 0 atom stereocenters. The molecular weight excluding hydrogens is 550 g/mol. The molecule has 10 heteroatoms. The number of amides is 2. The number of rotatable bonds is 11. The van der Waals surface area contributed by atoms with Crippen molar-refractivity contribution >= 4 is 34.4 Å². The van der Waals surface area contributed by atoms with Crippen molar-refractivity contribution in [1.82, 2.24) is 10.3 Å². The summed E-state index contributed by atoms with van der Waals surface area (Å²) >= 11 is 0. The van der Waals surface area contributed by atoms with Gasteiger partial charge >= 0.3 is 12.1 Å². The molecule has 2 amide bonds. The Morgan fingerprint density at radius 1 is 0.791 bits per heavy atom. The third-order valence-corrected chi connectivity index (χ3v) is 6.26. The van der Waals surface area contributed by atoms with Crippen LogP contribution in [0.3, 0.4) is 0 Å². The Balaban J connectivity index is 1.11. The molecular formula is C33H27N3O7. The molecule has 216 valence electrons. The zero-order chi connectivity index (χ0) is 30.0. The van der Waals surface area contributed by atoms with E-state index in [1.807, 2.05) is 60.7 Å². The average molecular weight is 578 g/mol. The van der Waals surface area contributed by atoms with Gasteiger partial charge in [0, 0.05) is 12.3 Å². The maximum absolute atomic E-state index is 12.6. The van der Waals surface area contributed by atoms with Gasteiger partial charge in [0.15, 0.2) is 0 Å². The molecule has 4 aromatic carbocycles. The van der Waals surface area contributed by atoms with Crippen molar-refractivity contribution in [3.8, 4) is 17.4 Å². The summed E-state index contributed by atoms with van der Waals surface area (Å²) in [6.45, 7) is 0.772. The van der Waals surface area contributed by atoms with E-state index in [2.05, 4.69) is 15.6 Å². The lowest BCUT2D eigenvalue weighted by Gasteiger charge is -2.10. The summed E-state index contributed by atoms with van der Waals surface area (Å²) in [5.74, 6) is -0.128. The number of fused-ring (bicyclic) bond motifs is 1. The van der Waals surface area contributed by atoms with Crippen LogP contribution in [0.15, 0.2) is 109 Å². The molecule has 0 aliphatic rings. The van der Waals surface area contributed by atoms with Crippen LogP contribution in [0.1, 0.15) is 26.3 Å². The number of carboxylic acids is 1. The zero-order valence-corrected chi connectivity index (χ0v) is 22.9. The minimum absolute atomic E-state index is 0.00694. The third-order valence-electron chi connectivity index (χ3n) is 6.26. The monoisotopic (exact) mass is 577 g/mol. The fourth-order valence-electron chi connectivity index (χ4n) is 4.12. The largest absolute Gasteiger partial charge is 0.492 e. The van der Waals surface area contributed by atoms with Gasteiger partial charge < -0.3 is 30.0 Å². The SMILES string of the molecule is O=C(NCCOc1ccc2cc(Oc3ccc(C(=O)Nc4ccccc4C(=O)O)cn3)ccc2c1)OCc1ccccc1. The van der Waals surface area contributed by atoms with E-state index in [0.29, 0.717) is 18.0 Å². The molecule has 1 aromatic heterocycles. The predicted octanol–water partition coefficient (Wildman–Crippen LogP) is 6.28. The highest BCUT2D eigenvalue weighted by Crippen LogP contribution is 2.27. The minimum atomic E-state index is -1.14. The van der Waals surface area contributed by atoms with Gasteiger partial charge in [-0.15, -0.1) is 0 Å². The first-order valence-corrected chi connectivity index (χ1v) is 13.3. The second-order valence-electron chi connectivity index (χ2n) is 9.30. The van der Waals surface area contributed by atoms with Crippen LogP contribution in [0.4, 0.5) is 10.5 Å². The fraction of sp³-hybridized carbons (Fsp3) is 0.0909. The summed E-state index contributed by atoms with van der Waals surface area (Å²) in [7, 11) is 0. The molecule has 3 N–H and O–H groups in total. The van der Waals surface area contributed by atoms with Crippen LogP contribution in [0, 0.1) is 0 Å². The lowest BCUT2D eigenvalue weighted by molar-refractivity contribution is 0.0698. The molecule has 1 heterocycles. The Bertz CT molecular complexity index is 1740. The van der Waals surface area contributed by atoms with Crippen LogP contribution in [0.2, 0.25) is 0 Å². The smallest absolute Gasteiger partial charge is 0.407 e. The van der Waals surface area contributed by atoms with Crippen molar-refractivity contribution < 1.29 is 33.7 Å². The second-order valence-corrected chi connectivity index (χ2v) is 9.30.